The second kappa shape index (κ2) is 7.06. The Bertz CT molecular complexity index is 820. The molecule has 0 spiro atoms. The summed E-state index contributed by atoms with van der Waals surface area (Å²) < 4.78 is 14.6. The average molecular weight is 338 g/mol. The molecule has 120 valence electrons. The van der Waals surface area contributed by atoms with Gasteiger partial charge in [0.15, 0.2) is 0 Å². The van der Waals surface area contributed by atoms with Crippen LogP contribution in [0.3, 0.4) is 0 Å². The SMILES string of the molecule is CNC(=O)c1ccc(=O)n(CC(=O)Nc2cc(Cl)ccc2F)c1. The van der Waals surface area contributed by atoms with Gasteiger partial charge in [0.25, 0.3) is 11.5 Å². The molecule has 0 saturated carbocycles. The molecular formula is C15H13ClFN3O3. The number of halogens is 2. The highest BCUT2D eigenvalue weighted by Crippen LogP contribution is 2.19. The molecule has 0 unspecified atom stereocenters. The number of anilines is 1. The number of nitrogens with one attached hydrogen (secondary N) is 2. The third kappa shape index (κ3) is 4.17. The van der Waals surface area contributed by atoms with Crippen molar-refractivity contribution in [3.05, 3.63) is 63.3 Å². The number of hydrogen-bond acceptors (Lipinski definition) is 3. The van der Waals surface area contributed by atoms with E-state index in [-0.39, 0.29) is 28.7 Å². The molecule has 0 radical (unpaired) electrons. The van der Waals surface area contributed by atoms with Gasteiger partial charge in [0, 0.05) is 24.3 Å². The molecule has 0 saturated heterocycles. The highest BCUT2D eigenvalue weighted by molar-refractivity contribution is 6.30. The normalized spacial score (nSPS) is 10.2. The van der Waals surface area contributed by atoms with Crippen LogP contribution in [0.25, 0.3) is 0 Å². The lowest BCUT2D eigenvalue weighted by molar-refractivity contribution is -0.116. The van der Waals surface area contributed by atoms with E-state index in [0.717, 1.165) is 10.6 Å². The first-order valence-corrected chi connectivity index (χ1v) is 6.96. The third-order valence-corrected chi connectivity index (χ3v) is 3.22. The van der Waals surface area contributed by atoms with E-state index < -0.39 is 17.3 Å². The van der Waals surface area contributed by atoms with Crippen LogP contribution in [0.4, 0.5) is 10.1 Å². The van der Waals surface area contributed by atoms with Gasteiger partial charge in [-0.25, -0.2) is 4.39 Å². The number of benzene rings is 1. The highest BCUT2D eigenvalue weighted by Gasteiger charge is 2.11. The van der Waals surface area contributed by atoms with Crippen molar-refractivity contribution in [1.29, 1.82) is 0 Å². The molecule has 2 N–H and O–H groups in total. The van der Waals surface area contributed by atoms with Crippen molar-refractivity contribution in [3.8, 4) is 0 Å². The van der Waals surface area contributed by atoms with Gasteiger partial charge in [-0.2, -0.15) is 0 Å². The first-order valence-electron chi connectivity index (χ1n) is 6.58. The van der Waals surface area contributed by atoms with Crippen LogP contribution >= 0.6 is 11.6 Å². The zero-order chi connectivity index (χ0) is 17.0. The highest BCUT2D eigenvalue weighted by atomic mass is 35.5. The van der Waals surface area contributed by atoms with E-state index in [1.54, 1.807) is 0 Å². The van der Waals surface area contributed by atoms with Gasteiger partial charge in [-0.1, -0.05) is 11.6 Å². The van der Waals surface area contributed by atoms with Crippen molar-refractivity contribution >= 4 is 29.1 Å². The molecule has 8 heteroatoms. The molecule has 1 aromatic carbocycles. The lowest BCUT2D eigenvalue weighted by Gasteiger charge is -2.09. The molecule has 0 aliphatic carbocycles. The zero-order valence-electron chi connectivity index (χ0n) is 12.1. The first kappa shape index (κ1) is 16.7. The summed E-state index contributed by atoms with van der Waals surface area (Å²) in [5.41, 5.74) is -0.314. The minimum Gasteiger partial charge on any atom is -0.355 e. The fourth-order valence-electron chi connectivity index (χ4n) is 1.87. The Balaban J connectivity index is 2.18. The van der Waals surface area contributed by atoms with Gasteiger partial charge in [-0.3, -0.25) is 14.4 Å². The number of carbonyl (C=O) groups is 2. The van der Waals surface area contributed by atoms with E-state index in [4.69, 9.17) is 11.6 Å². The minimum absolute atomic E-state index is 0.0852. The summed E-state index contributed by atoms with van der Waals surface area (Å²) in [5.74, 6) is -1.66. The Morgan fingerprint density at radius 3 is 2.70 bits per heavy atom. The number of nitrogens with zero attached hydrogens (tertiary/aromatic N) is 1. The van der Waals surface area contributed by atoms with E-state index in [1.807, 2.05) is 0 Å². The Hall–Kier alpha value is -2.67. The molecule has 2 aromatic rings. The summed E-state index contributed by atoms with van der Waals surface area (Å²) in [7, 11) is 1.45. The van der Waals surface area contributed by atoms with Crippen molar-refractivity contribution in [2.45, 2.75) is 6.54 Å². The molecule has 2 amide bonds. The van der Waals surface area contributed by atoms with Gasteiger partial charge in [0.05, 0.1) is 11.3 Å². The topological polar surface area (TPSA) is 80.2 Å². The second-order valence-corrected chi connectivity index (χ2v) is 5.07. The smallest absolute Gasteiger partial charge is 0.252 e. The summed E-state index contributed by atoms with van der Waals surface area (Å²) in [6.07, 6.45) is 1.26. The molecule has 0 aliphatic heterocycles. The number of rotatable bonds is 4. The maximum atomic E-state index is 13.6. The van der Waals surface area contributed by atoms with Gasteiger partial charge in [-0.05, 0) is 24.3 Å². The van der Waals surface area contributed by atoms with Crippen molar-refractivity contribution in [3.63, 3.8) is 0 Å². The molecule has 0 aliphatic rings. The fraction of sp³-hybridized carbons (Fsp3) is 0.133. The third-order valence-electron chi connectivity index (χ3n) is 2.99. The van der Waals surface area contributed by atoms with Gasteiger partial charge in [0.1, 0.15) is 12.4 Å². The average Bonchev–Trinajstić information content (AvgIpc) is 2.52. The van der Waals surface area contributed by atoms with Crippen LogP contribution in [0.2, 0.25) is 5.02 Å². The molecule has 0 fully saturated rings. The zero-order valence-corrected chi connectivity index (χ0v) is 12.9. The van der Waals surface area contributed by atoms with Crippen molar-refractivity contribution in [2.24, 2.45) is 0 Å². The Morgan fingerprint density at radius 2 is 2.00 bits per heavy atom. The lowest BCUT2D eigenvalue weighted by Crippen LogP contribution is -2.29. The molecule has 0 atom stereocenters. The van der Waals surface area contributed by atoms with Gasteiger partial charge in [-0.15, -0.1) is 0 Å². The van der Waals surface area contributed by atoms with Crippen molar-refractivity contribution in [2.75, 3.05) is 12.4 Å². The predicted octanol–water partition coefficient (Wildman–Crippen LogP) is 1.64. The maximum Gasteiger partial charge on any atom is 0.252 e. The van der Waals surface area contributed by atoms with Crippen LogP contribution in [0.1, 0.15) is 10.4 Å². The summed E-state index contributed by atoms with van der Waals surface area (Å²) in [6, 6.07) is 6.27. The largest absolute Gasteiger partial charge is 0.355 e. The Labute approximate surface area is 135 Å². The predicted molar refractivity (Wildman–Crippen MR) is 84.1 cm³/mol. The first-order chi connectivity index (χ1) is 10.9. The number of carbonyl (C=O) groups excluding carboxylic acids is 2. The quantitative estimate of drug-likeness (QED) is 0.890. The number of amides is 2. The summed E-state index contributed by atoms with van der Waals surface area (Å²) >= 11 is 5.74. The number of pyridine rings is 1. The second-order valence-electron chi connectivity index (χ2n) is 4.64. The number of aromatic nitrogens is 1. The molecular weight excluding hydrogens is 325 g/mol. The van der Waals surface area contributed by atoms with Crippen LogP contribution in [0, 0.1) is 5.82 Å². The van der Waals surface area contributed by atoms with E-state index in [0.29, 0.717) is 0 Å². The molecule has 23 heavy (non-hydrogen) atoms. The van der Waals surface area contributed by atoms with E-state index in [9.17, 15) is 18.8 Å². The van der Waals surface area contributed by atoms with Gasteiger partial charge in [0.2, 0.25) is 5.91 Å². The van der Waals surface area contributed by atoms with Crippen LogP contribution in [0.5, 0.6) is 0 Å². The molecule has 6 nitrogen and oxygen atoms in total. The Morgan fingerprint density at radius 1 is 1.26 bits per heavy atom. The standard InChI is InChI=1S/C15H13ClFN3O3/c1-18-15(23)9-2-5-14(22)20(7-9)8-13(21)19-12-6-10(16)3-4-11(12)17/h2-7H,8H2,1H3,(H,18,23)(H,19,21). The van der Waals surface area contributed by atoms with E-state index >= 15 is 0 Å². The summed E-state index contributed by atoms with van der Waals surface area (Å²) in [4.78, 5) is 35.3. The maximum absolute atomic E-state index is 13.6. The summed E-state index contributed by atoms with van der Waals surface area (Å²) in [6.45, 7) is -0.365. The molecule has 2 rings (SSSR count). The monoisotopic (exact) mass is 337 g/mol. The summed E-state index contributed by atoms with van der Waals surface area (Å²) in [5, 5.41) is 5.01. The van der Waals surface area contributed by atoms with Crippen molar-refractivity contribution < 1.29 is 14.0 Å². The fourth-order valence-corrected chi connectivity index (χ4v) is 2.04. The van der Waals surface area contributed by atoms with Crippen LogP contribution in [-0.2, 0) is 11.3 Å². The van der Waals surface area contributed by atoms with Crippen LogP contribution in [-0.4, -0.2) is 23.4 Å². The molecule has 1 aromatic heterocycles. The van der Waals surface area contributed by atoms with Crippen LogP contribution < -0.4 is 16.2 Å². The minimum atomic E-state index is -0.644. The number of hydrogen-bond donors (Lipinski definition) is 2. The van der Waals surface area contributed by atoms with Gasteiger partial charge < -0.3 is 15.2 Å². The molecule has 1 heterocycles. The van der Waals surface area contributed by atoms with Gasteiger partial charge >= 0.3 is 0 Å². The Kier molecular flexibility index (Phi) is 5.13. The molecule has 0 bridgehead atoms. The lowest BCUT2D eigenvalue weighted by atomic mass is 10.2. The van der Waals surface area contributed by atoms with Crippen LogP contribution in [0.15, 0.2) is 41.3 Å². The van der Waals surface area contributed by atoms with Crippen molar-refractivity contribution in [1.82, 2.24) is 9.88 Å². The van der Waals surface area contributed by atoms with E-state index in [2.05, 4.69) is 10.6 Å². The van der Waals surface area contributed by atoms with E-state index in [1.165, 1.54) is 37.5 Å².